The van der Waals surface area contributed by atoms with Crippen LogP contribution in [0.3, 0.4) is 0 Å². The van der Waals surface area contributed by atoms with Crippen molar-refractivity contribution in [3.63, 3.8) is 0 Å². The SMILES string of the molecule is C=CC(=O)N1CCN(C(=O)C2CC(Sc3cnc(NC(=O)C4CCCC(CN(C)C)C4)s3)C(C)CC2C)C[C@H]1C#N. The number of piperazine rings is 1. The molecule has 3 aliphatic rings. The first-order valence-corrected chi connectivity index (χ1v) is 16.5. The zero-order valence-electron chi connectivity index (χ0n) is 24.8. The molecule has 2 aliphatic carbocycles. The van der Waals surface area contributed by atoms with E-state index in [0.717, 1.165) is 42.9 Å². The second kappa shape index (κ2) is 14.2. The molecule has 6 unspecified atom stereocenters. The van der Waals surface area contributed by atoms with Crippen LogP contribution in [0.4, 0.5) is 5.13 Å². The van der Waals surface area contributed by atoms with Gasteiger partial charge in [-0.15, -0.1) is 11.8 Å². The lowest BCUT2D eigenvalue weighted by Gasteiger charge is -2.43. The summed E-state index contributed by atoms with van der Waals surface area (Å²) in [5, 5.41) is 13.6. The largest absolute Gasteiger partial charge is 0.338 e. The highest BCUT2D eigenvalue weighted by molar-refractivity contribution is 8.01. The van der Waals surface area contributed by atoms with Crippen molar-refractivity contribution in [2.75, 3.05) is 45.6 Å². The van der Waals surface area contributed by atoms with E-state index in [4.69, 9.17) is 0 Å². The molecule has 7 atom stereocenters. The molecule has 1 saturated heterocycles. The van der Waals surface area contributed by atoms with E-state index in [1.165, 1.54) is 28.7 Å². The number of amides is 3. The van der Waals surface area contributed by atoms with Gasteiger partial charge in [0.2, 0.25) is 17.7 Å². The Labute approximate surface area is 252 Å². The summed E-state index contributed by atoms with van der Waals surface area (Å²) in [6.45, 7) is 9.96. The average Bonchev–Trinajstić information content (AvgIpc) is 3.39. The minimum absolute atomic E-state index is 0.0396. The van der Waals surface area contributed by atoms with Crippen LogP contribution in [0.2, 0.25) is 0 Å². The van der Waals surface area contributed by atoms with Gasteiger partial charge in [-0.2, -0.15) is 5.26 Å². The molecule has 1 aliphatic heterocycles. The van der Waals surface area contributed by atoms with Crippen molar-refractivity contribution in [1.82, 2.24) is 19.7 Å². The van der Waals surface area contributed by atoms with E-state index >= 15 is 0 Å². The van der Waals surface area contributed by atoms with Crippen LogP contribution in [0.1, 0.15) is 52.4 Å². The van der Waals surface area contributed by atoms with E-state index in [2.05, 4.69) is 55.8 Å². The van der Waals surface area contributed by atoms with Gasteiger partial charge in [0.25, 0.3) is 0 Å². The van der Waals surface area contributed by atoms with Gasteiger partial charge in [-0.25, -0.2) is 4.98 Å². The lowest BCUT2D eigenvalue weighted by molar-refractivity contribution is -0.144. The second-order valence-electron chi connectivity index (χ2n) is 12.3. The highest BCUT2D eigenvalue weighted by Gasteiger charge is 2.41. The Hall–Kier alpha value is -2.42. The van der Waals surface area contributed by atoms with E-state index < -0.39 is 6.04 Å². The van der Waals surface area contributed by atoms with Gasteiger partial charge in [0, 0.05) is 36.7 Å². The molecule has 3 fully saturated rings. The van der Waals surface area contributed by atoms with Crippen LogP contribution in [0.5, 0.6) is 0 Å². The zero-order chi connectivity index (χ0) is 29.7. The van der Waals surface area contributed by atoms with Gasteiger partial charge >= 0.3 is 0 Å². The number of thioether (sulfide) groups is 1. The maximum Gasteiger partial charge on any atom is 0.247 e. The van der Waals surface area contributed by atoms with E-state index in [1.54, 1.807) is 16.7 Å². The summed E-state index contributed by atoms with van der Waals surface area (Å²) in [6.07, 6.45) is 8.91. The van der Waals surface area contributed by atoms with Gasteiger partial charge < -0.3 is 20.0 Å². The highest BCUT2D eigenvalue weighted by atomic mass is 32.2. The fourth-order valence-electron chi connectivity index (χ4n) is 6.77. The number of hydrogen-bond donors (Lipinski definition) is 1. The van der Waals surface area contributed by atoms with Gasteiger partial charge in [0.1, 0.15) is 6.04 Å². The number of anilines is 1. The standard InChI is InChI=1S/C30H44N6O3S2/c1-6-26(37)36-11-10-35(18-23(36)15-31)29(39)24-14-25(20(3)12-19(24)2)40-27-16-32-30(41-27)33-28(38)22-9-7-8-21(13-22)17-34(4)5/h6,16,19-25H,1,7-14,17-18H2,2-5H3,(H,32,33,38)/t19?,20?,21?,22?,23-,24?,25?/m1/s1. The summed E-state index contributed by atoms with van der Waals surface area (Å²) in [5.41, 5.74) is 0. The number of hydrogen-bond acceptors (Lipinski definition) is 8. The van der Waals surface area contributed by atoms with E-state index in [1.807, 2.05) is 6.20 Å². The first-order chi connectivity index (χ1) is 19.6. The number of nitriles is 1. The fraction of sp³-hybridized carbons (Fsp3) is 0.700. The van der Waals surface area contributed by atoms with Crippen LogP contribution in [0, 0.1) is 40.9 Å². The number of aromatic nitrogens is 1. The van der Waals surface area contributed by atoms with Crippen molar-refractivity contribution in [3.8, 4) is 6.07 Å². The van der Waals surface area contributed by atoms with Crippen LogP contribution >= 0.6 is 23.1 Å². The molecule has 11 heteroatoms. The maximum atomic E-state index is 13.7. The molecule has 41 heavy (non-hydrogen) atoms. The van der Waals surface area contributed by atoms with Gasteiger partial charge in [0.05, 0.1) is 23.0 Å². The molecule has 0 bridgehead atoms. The van der Waals surface area contributed by atoms with Crippen molar-refractivity contribution in [2.24, 2.45) is 29.6 Å². The fourth-order valence-corrected chi connectivity index (χ4v) is 9.19. The van der Waals surface area contributed by atoms with Crippen molar-refractivity contribution >= 4 is 46.0 Å². The molecular formula is C30H44N6O3S2. The summed E-state index contributed by atoms with van der Waals surface area (Å²) in [5.74, 6) is 1.04. The minimum atomic E-state index is -0.653. The van der Waals surface area contributed by atoms with Crippen LogP contribution in [0.15, 0.2) is 23.1 Å². The van der Waals surface area contributed by atoms with Gasteiger partial charge in [0.15, 0.2) is 5.13 Å². The monoisotopic (exact) mass is 600 g/mol. The molecule has 4 rings (SSSR count). The number of carbonyl (C=O) groups excluding carboxylic acids is 3. The van der Waals surface area contributed by atoms with Crippen molar-refractivity contribution in [2.45, 2.75) is 67.9 Å². The Morgan fingerprint density at radius 1 is 1.22 bits per heavy atom. The number of rotatable bonds is 8. The Balaban J connectivity index is 1.33. The Morgan fingerprint density at radius 3 is 2.71 bits per heavy atom. The molecule has 0 radical (unpaired) electrons. The van der Waals surface area contributed by atoms with Gasteiger partial charge in [-0.3, -0.25) is 14.4 Å². The van der Waals surface area contributed by atoms with Crippen LogP contribution < -0.4 is 5.32 Å². The number of nitrogens with one attached hydrogen (secondary N) is 1. The Morgan fingerprint density at radius 2 is 2.00 bits per heavy atom. The van der Waals surface area contributed by atoms with Crippen LogP contribution in [0.25, 0.3) is 0 Å². The summed E-state index contributed by atoms with van der Waals surface area (Å²) < 4.78 is 1.05. The quantitative estimate of drug-likeness (QED) is 0.442. The second-order valence-corrected chi connectivity index (χ2v) is 14.9. The van der Waals surface area contributed by atoms with Gasteiger partial charge in [-0.1, -0.05) is 38.2 Å². The van der Waals surface area contributed by atoms with Crippen molar-refractivity contribution < 1.29 is 14.4 Å². The number of carbonyl (C=O) groups is 3. The van der Waals surface area contributed by atoms with Crippen LogP contribution in [-0.2, 0) is 14.4 Å². The normalized spacial score (nSPS) is 30.5. The molecule has 2 heterocycles. The molecule has 1 aromatic rings. The molecule has 0 spiro atoms. The molecule has 1 aromatic heterocycles. The summed E-state index contributed by atoms with van der Waals surface area (Å²) in [7, 11) is 4.17. The van der Waals surface area contributed by atoms with Crippen molar-refractivity contribution in [3.05, 3.63) is 18.9 Å². The smallest absolute Gasteiger partial charge is 0.247 e. The minimum Gasteiger partial charge on any atom is -0.338 e. The molecular weight excluding hydrogens is 557 g/mol. The van der Waals surface area contributed by atoms with Crippen LogP contribution in [-0.4, -0.2) is 89.0 Å². The topological polar surface area (TPSA) is 110 Å². The van der Waals surface area contributed by atoms with E-state index in [9.17, 15) is 19.6 Å². The molecule has 0 aromatic carbocycles. The molecule has 1 N–H and O–H groups in total. The molecule has 2 saturated carbocycles. The number of nitrogens with zero attached hydrogens (tertiary/aromatic N) is 5. The highest BCUT2D eigenvalue weighted by Crippen LogP contribution is 2.45. The molecule has 9 nitrogen and oxygen atoms in total. The Bertz CT molecular complexity index is 1150. The predicted molar refractivity (Wildman–Crippen MR) is 163 cm³/mol. The summed E-state index contributed by atoms with van der Waals surface area (Å²) in [4.78, 5) is 48.8. The Kier molecular flexibility index (Phi) is 10.9. The summed E-state index contributed by atoms with van der Waals surface area (Å²) >= 11 is 3.27. The molecule has 3 amide bonds. The van der Waals surface area contributed by atoms with Crippen molar-refractivity contribution in [1.29, 1.82) is 5.26 Å². The third kappa shape index (κ3) is 7.90. The number of thiazole rings is 1. The third-order valence-electron chi connectivity index (χ3n) is 8.93. The molecule has 224 valence electrons. The zero-order valence-corrected chi connectivity index (χ0v) is 26.4. The van der Waals surface area contributed by atoms with E-state index in [0.29, 0.717) is 30.1 Å². The lowest BCUT2D eigenvalue weighted by Crippen LogP contribution is -2.57. The first-order valence-electron chi connectivity index (χ1n) is 14.8. The maximum absolute atomic E-state index is 13.7. The average molecular weight is 601 g/mol. The summed E-state index contributed by atoms with van der Waals surface area (Å²) in [6, 6.07) is 1.53. The third-order valence-corrected chi connectivity index (χ3v) is 11.5. The van der Waals surface area contributed by atoms with E-state index in [-0.39, 0.29) is 47.3 Å². The van der Waals surface area contributed by atoms with Gasteiger partial charge in [-0.05, 0) is 70.0 Å². The lowest BCUT2D eigenvalue weighted by atomic mass is 9.74. The predicted octanol–water partition coefficient (Wildman–Crippen LogP) is 4.34. The first kappa shape index (κ1) is 31.5.